The van der Waals surface area contributed by atoms with E-state index in [9.17, 15) is 0 Å². The molecule has 0 unspecified atom stereocenters. The molecular formula is C9H17N3. The Morgan fingerprint density at radius 3 is 2.67 bits per heavy atom. The predicted molar refractivity (Wildman–Crippen MR) is 49.8 cm³/mol. The third-order valence-electron chi connectivity index (χ3n) is 2.22. The number of hydrogen-bond donors (Lipinski definition) is 0. The summed E-state index contributed by atoms with van der Waals surface area (Å²) in [4.78, 5) is 2.29. The Balaban J connectivity index is 2.58. The second kappa shape index (κ2) is 3.72. The van der Waals surface area contributed by atoms with Crippen LogP contribution in [0.3, 0.4) is 0 Å². The summed E-state index contributed by atoms with van der Waals surface area (Å²) in [5.41, 5.74) is 1.26. The van der Waals surface area contributed by atoms with E-state index in [0.717, 1.165) is 6.54 Å². The summed E-state index contributed by atoms with van der Waals surface area (Å²) in [6.07, 6.45) is 1.84. The quantitative estimate of drug-likeness (QED) is 0.675. The molecule has 0 spiro atoms. The van der Waals surface area contributed by atoms with Crippen molar-refractivity contribution in [1.29, 1.82) is 0 Å². The van der Waals surface area contributed by atoms with E-state index < -0.39 is 0 Å². The van der Waals surface area contributed by atoms with E-state index in [1.807, 2.05) is 17.9 Å². The van der Waals surface area contributed by atoms with Crippen molar-refractivity contribution in [2.75, 3.05) is 7.05 Å². The zero-order chi connectivity index (χ0) is 9.14. The summed E-state index contributed by atoms with van der Waals surface area (Å²) in [5.74, 6) is 0. The molecule has 0 fully saturated rings. The Hall–Kier alpha value is -0.830. The fourth-order valence-corrected chi connectivity index (χ4v) is 0.995. The Kier molecular flexibility index (Phi) is 2.87. The molecule has 0 saturated heterocycles. The van der Waals surface area contributed by atoms with Crippen LogP contribution >= 0.6 is 0 Å². The van der Waals surface area contributed by atoms with Gasteiger partial charge in [-0.05, 0) is 27.0 Å². The normalized spacial score (nSPS) is 11.5. The van der Waals surface area contributed by atoms with Crippen LogP contribution in [0.1, 0.15) is 19.5 Å². The molecule has 3 nitrogen and oxygen atoms in total. The van der Waals surface area contributed by atoms with Crippen molar-refractivity contribution < 1.29 is 0 Å². The van der Waals surface area contributed by atoms with E-state index in [4.69, 9.17) is 0 Å². The zero-order valence-electron chi connectivity index (χ0n) is 8.28. The minimum Gasteiger partial charge on any atom is -0.298 e. The Morgan fingerprint density at radius 2 is 2.25 bits per heavy atom. The van der Waals surface area contributed by atoms with Gasteiger partial charge in [-0.15, -0.1) is 0 Å². The lowest BCUT2D eigenvalue weighted by Crippen LogP contribution is -2.26. The van der Waals surface area contributed by atoms with Crippen molar-refractivity contribution in [3.63, 3.8) is 0 Å². The molecule has 0 saturated carbocycles. The van der Waals surface area contributed by atoms with Crippen molar-refractivity contribution in [2.45, 2.75) is 26.4 Å². The highest BCUT2D eigenvalue weighted by Crippen LogP contribution is 2.03. The molecule has 1 heterocycles. The molecule has 1 aromatic rings. The van der Waals surface area contributed by atoms with Gasteiger partial charge in [0, 0.05) is 25.8 Å². The number of rotatable bonds is 3. The summed E-state index contributed by atoms with van der Waals surface area (Å²) >= 11 is 0. The van der Waals surface area contributed by atoms with Crippen molar-refractivity contribution in [2.24, 2.45) is 7.05 Å². The highest BCUT2D eigenvalue weighted by Gasteiger charge is 2.05. The minimum atomic E-state index is 0.583. The van der Waals surface area contributed by atoms with Crippen LogP contribution < -0.4 is 0 Å². The van der Waals surface area contributed by atoms with E-state index in [1.54, 1.807) is 0 Å². The van der Waals surface area contributed by atoms with Crippen molar-refractivity contribution in [3.05, 3.63) is 18.0 Å². The van der Waals surface area contributed by atoms with Gasteiger partial charge in [-0.1, -0.05) is 0 Å². The second-order valence-electron chi connectivity index (χ2n) is 3.46. The van der Waals surface area contributed by atoms with Crippen LogP contribution in [-0.2, 0) is 13.6 Å². The lowest BCUT2D eigenvalue weighted by molar-refractivity contribution is 0.259. The van der Waals surface area contributed by atoms with Crippen LogP contribution in [0.5, 0.6) is 0 Å². The molecule has 68 valence electrons. The van der Waals surface area contributed by atoms with Gasteiger partial charge < -0.3 is 0 Å². The largest absolute Gasteiger partial charge is 0.298 e. The first kappa shape index (κ1) is 9.26. The summed E-state index contributed by atoms with van der Waals surface area (Å²) in [5, 5.41) is 4.12. The SMILES string of the molecule is CC(C)N(C)Cc1ccnn1C. The van der Waals surface area contributed by atoms with Gasteiger partial charge in [0.25, 0.3) is 0 Å². The molecule has 0 aliphatic rings. The molecule has 1 rings (SSSR count). The summed E-state index contributed by atoms with van der Waals surface area (Å²) < 4.78 is 1.92. The Bertz CT molecular complexity index is 240. The predicted octanol–water partition coefficient (Wildman–Crippen LogP) is 1.26. The monoisotopic (exact) mass is 167 g/mol. The van der Waals surface area contributed by atoms with Gasteiger partial charge in [-0.3, -0.25) is 9.58 Å². The maximum absolute atomic E-state index is 4.12. The van der Waals surface area contributed by atoms with Crippen LogP contribution in [0.2, 0.25) is 0 Å². The lowest BCUT2D eigenvalue weighted by Gasteiger charge is -2.20. The second-order valence-corrected chi connectivity index (χ2v) is 3.46. The lowest BCUT2D eigenvalue weighted by atomic mass is 10.3. The van der Waals surface area contributed by atoms with Gasteiger partial charge >= 0.3 is 0 Å². The molecule has 0 aromatic carbocycles. The topological polar surface area (TPSA) is 21.1 Å². The molecule has 12 heavy (non-hydrogen) atoms. The van der Waals surface area contributed by atoms with Crippen LogP contribution in [0.25, 0.3) is 0 Å². The van der Waals surface area contributed by atoms with E-state index in [-0.39, 0.29) is 0 Å². The van der Waals surface area contributed by atoms with Gasteiger partial charge in [0.2, 0.25) is 0 Å². The third-order valence-corrected chi connectivity index (χ3v) is 2.22. The van der Waals surface area contributed by atoms with Crippen LogP contribution in [0, 0.1) is 0 Å². The standard InChI is InChI=1S/C9H17N3/c1-8(2)11(3)7-9-5-6-10-12(9)4/h5-6,8H,7H2,1-4H3. The first-order valence-electron chi connectivity index (χ1n) is 4.28. The fraction of sp³-hybridized carbons (Fsp3) is 0.667. The summed E-state index contributed by atoms with van der Waals surface area (Å²) in [7, 11) is 4.10. The summed E-state index contributed by atoms with van der Waals surface area (Å²) in [6.45, 7) is 5.35. The van der Waals surface area contributed by atoms with Gasteiger partial charge in [0.05, 0.1) is 5.69 Å². The maximum atomic E-state index is 4.12. The smallest absolute Gasteiger partial charge is 0.0521 e. The maximum Gasteiger partial charge on any atom is 0.0521 e. The molecule has 0 aliphatic carbocycles. The van der Waals surface area contributed by atoms with E-state index in [0.29, 0.717) is 6.04 Å². The molecule has 3 heteroatoms. The van der Waals surface area contributed by atoms with Crippen LogP contribution in [-0.4, -0.2) is 27.8 Å². The van der Waals surface area contributed by atoms with E-state index >= 15 is 0 Å². The summed E-state index contributed by atoms with van der Waals surface area (Å²) in [6, 6.07) is 2.64. The molecular weight excluding hydrogens is 150 g/mol. The molecule has 1 aromatic heterocycles. The number of hydrogen-bond acceptors (Lipinski definition) is 2. The van der Waals surface area contributed by atoms with E-state index in [1.165, 1.54) is 5.69 Å². The van der Waals surface area contributed by atoms with Crippen molar-refractivity contribution in [1.82, 2.24) is 14.7 Å². The molecule has 0 amide bonds. The Morgan fingerprint density at radius 1 is 1.58 bits per heavy atom. The van der Waals surface area contributed by atoms with Crippen LogP contribution in [0.15, 0.2) is 12.3 Å². The molecule has 0 N–H and O–H groups in total. The molecule has 0 radical (unpaired) electrons. The average molecular weight is 167 g/mol. The van der Waals surface area contributed by atoms with Crippen molar-refractivity contribution in [3.8, 4) is 0 Å². The minimum absolute atomic E-state index is 0.583. The van der Waals surface area contributed by atoms with Crippen LogP contribution in [0.4, 0.5) is 0 Å². The molecule has 0 atom stereocenters. The highest BCUT2D eigenvalue weighted by molar-refractivity contribution is 4.99. The van der Waals surface area contributed by atoms with Gasteiger partial charge in [0.15, 0.2) is 0 Å². The third kappa shape index (κ3) is 2.08. The fourth-order valence-electron chi connectivity index (χ4n) is 0.995. The highest BCUT2D eigenvalue weighted by atomic mass is 15.3. The first-order valence-corrected chi connectivity index (χ1v) is 4.28. The average Bonchev–Trinajstić information content (AvgIpc) is 2.36. The van der Waals surface area contributed by atoms with Crippen molar-refractivity contribution >= 4 is 0 Å². The van der Waals surface area contributed by atoms with Gasteiger partial charge in [-0.2, -0.15) is 5.10 Å². The number of aromatic nitrogens is 2. The zero-order valence-corrected chi connectivity index (χ0v) is 8.28. The first-order chi connectivity index (χ1) is 5.61. The number of aryl methyl sites for hydroxylation is 1. The molecule has 0 bridgehead atoms. The van der Waals surface area contributed by atoms with Gasteiger partial charge in [0.1, 0.15) is 0 Å². The number of nitrogens with zero attached hydrogens (tertiary/aromatic N) is 3. The molecule has 0 aliphatic heterocycles. The van der Waals surface area contributed by atoms with Gasteiger partial charge in [-0.25, -0.2) is 0 Å². The Labute approximate surface area is 74.0 Å². The van der Waals surface area contributed by atoms with E-state index in [2.05, 4.69) is 37.0 Å².